The van der Waals surface area contributed by atoms with Gasteiger partial charge in [-0.3, -0.25) is 4.79 Å². The van der Waals surface area contributed by atoms with Gasteiger partial charge in [0.2, 0.25) is 0 Å². The number of nitrogens with one attached hydrogen (secondary N) is 1. The predicted molar refractivity (Wildman–Crippen MR) is 68.4 cm³/mol. The molecule has 2 rings (SSSR count). The maximum atomic E-state index is 13.7. The zero-order valence-corrected chi connectivity index (χ0v) is 10.8. The maximum absolute atomic E-state index is 13.7. The summed E-state index contributed by atoms with van der Waals surface area (Å²) in [4.78, 5) is 14.1. The summed E-state index contributed by atoms with van der Waals surface area (Å²) in [5.74, 6) is -2.30. The molecule has 0 aliphatic heterocycles. The van der Waals surface area contributed by atoms with E-state index in [1.807, 2.05) is 0 Å². The van der Waals surface area contributed by atoms with Crippen LogP contribution in [0.25, 0.3) is 11.1 Å². The Hall–Kier alpha value is -2.68. The van der Waals surface area contributed by atoms with Crippen molar-refractivity contribution in [2.75, 3.05) is 7.11 Å². The molecule has 4 nitrogen and oxygen atoms in total. The quantitative estimate of drug-likeness (QED) is 0.916. The van der Waals surface area contributed by atoms with E-state index in [9.17, 15) is 13.6 Å². The lowest BCUT2D eigenvalue weighted by molar-refractivity contribution is 0.360. The Morgan fingerprint density at radius 1 is 1.25 bits per heavy atom. The second kappa shape index (κ2) is 5.13. The first-order chi connectivity index (χ1) is 9.47. The number of nitrogens with zero attached hydrogens (tertiary/aromatic N) is 1. The Labute approximate surface area is 113 Å². The second-order valence-corrected chi connectivity index (χ2v) is 4.16. The second-order valence-electron chi connectivity index (χ2n) is 4.16. The molecule has 0 radical (unpaired) electrons. The standard InChI is InChI=1S/C14H10F2N2O2/c1-7-3-9(10(6-17)14(19)18-7)8-4-11(15)13(20-2)12(16)5-8/h3-5H,1-2H3,(H,18,19). The molecule has 1 N–H and O–H groups in total. The molecular weight excluding hydrogens is 266 g/mol. The number of nitriles is 1. The number of aromatic nitrogens is 1. The van der Waals surface area contributed by atoms with E-state index in [0.717, 1.165) is 19.2 Å². The molecule has 0 fully saturated rings. The van der Waals surface area contributed by atoms with Gasteiger partial charge in [0.25, 0.3) is 5.56 Å². The SMILES string of the molecule is COc1c(F)cc(-c2cc(C)[nH]c(=O)c2C#N)cc1F. The van der Waals surface area contributed by atoms with Crippen LogP contribution in [0.1, 0.15) is 11.3 Å². The minimum absolute atomic E-state index is 0.103. The lowest BCUT2D eigenvalue weighted by atomic mass is 10.0. The highest BCUT2D eigenvalue weighted by atomic mass is 19.1. The molecule has 2 aromatic rings. The number of methoxy groups -OCH3 is 1. The Kier molecular flexibility index (Phi) is 3.53. The van der Waals surface area contributed by atoms with E-state index < -0.39 is 22.9 Å². The molecule has 20 heavy (non-hydrogen) atoms. The molecule has 0 amide bonds. The first-order valence-corrected chi connectivity index (χ1v) is 5.65. The van der Waals surface area contributed by atoms with Gasteiger partial charge >= 0.3 is 0 Å². The average molecular weight is 276 g/mol. The fourth-order valence-corrected chi connectivity index (χ4v) is 1.94. The minimum atomic E-state index is -0.899. The summed E-state index contributed by atoms with van der Waals surface area (Å²) in [7, 11) is 1.15. The van der Waals surface area contributed by atoms with Crippen molar-refractivity contribution in [3.05, 3.63) is 51.4 Å². The summed E-state index contributed by atoms with van der Waals surface area (Å²) in [5, 5.41) is 9.01. The number of hydrogen-bond acceptors (Lipinski definition) is 3. The fourth-order valence-electron chi connectivity index (χ4n) is 1.94. The van der Waals surface area contributed by atoms with Crippen molar-refractivity contribution in [3.8, 4) is 22.9 Å². The van der Waals surface area contributed by atoms with Crippen LogP contribution < -0.4 is 10.3 Å². The van der Waals surface area contributed by atoms with E-state index in [4.69, 9.17) is 5.26 Å². The lowest BCUT2D eigenvalue weighted by Crippen LogP contribution is -2.12. The largest absolute Gasteiger partial charge is 0.491 e. The average Bonchev–Trinajstić information content (AvgIpc) is 2.37. The molecular formula is C14H10F2N2O2. The van der Waals surface area contributed by atoms with Gasteiger partial charge < -0.3 is 9.72 Å². The Balaban J connectivity index is 2.76. The van der Waals surface area contributed by atoms with Crippen LogP contribution >= 0.6 is 0 Å². The molecule has 0 spiro atoms. The van der Waals surface area contributed by atoms with Gasteiger partial charge in [-0.2, -0.15) is 5.26 Å². The van der Waals surface area contributed by atoms with Crippen LogP contribution in [0.15, 0.2) is 23.0 Å². The molecule has 0 saturated heterocycles. The maximum Gasteiger partial charge on any atom is 0.266 e. The number of hydrogen-bond donors (Lipinski definition) is 1. The van der Waals surface area contributed by atoms with Crippen molar-refractivity contribution in [3.63, 3.8) is 0 Å². The van der Waals surface area contributed by atoms with Crippen molar-refractivity contribution in [1.82, 2.24) is 4.98 Å². The van der Waals surface area contributed by atoms with Crippen molar-refractivity contribution in [2.45, 2.75) is 6.92 Å². The molecule has 1 aromatic heterocycles. The van der Waals surface area contributed by atoms with Crippen molar-refractivity contribution < 1.29 is 13.5 Å². The molecule has 0 unspecified atom stereocenters. The number of H-pyrrole nitrogens is 1. The molecule has 1 aromatic carbocycles. The third-order valence-corrected chi connectivity index (χ3v) is 2.79. The van der Waals surface area contributed by atoms with Crippen LogP contribution in [0.3, 0.4) is 0 Å². The first-order valence-electron chi connectivity index (χ1n) is 5.65. The topological polar surface area (TPSA) is 65.9 Å². The van der Waals surface area contributed by atoms with Crippen LogP contribution in [-0.2, 0) is 0 Å². The summed E-state index contributed by atoms with van der Waals surface area (Å²) in [6.45, 7) is 1.61. The van der Waals surface area contributed by atoms with E-state index in [-0.39, 0.29) is 16.7 Å². The van der Waals surface area contributed by atoms with Crippen molar-refractivity contribution >= 4 is 0 Å². The molecule has 1 heterocycles. The highest BCUT2D eigenvalue weighted by Gasteiger charge is 2.16. The van der Waals surface area contributed by atoms with Crippen LogP contribution in [0.2, 0.25) is 0 Å². The van der Waals surface area contributed by atoms with Gasteiger partial charge in [-0.25, -0.2) is 8.78 Å². The van der Waals surface area contributed by atoms with Crippen LogP contribution in [0.5, 0.6) is 5.75 Å². The smallest absolute Gasteiger partial charge is 0.266 e. The van der Waals surface area contributed by atoms with E-state index in [0.29, 0.717) is 5.69 Å². The zero-order chi connectivity index (χ0) is 14.9. The molecule has 0 bridgehead atoms. The van der Waals surface area contributed by atoms with Gasteiger partial charge in [0.15, 0.2) is 17.4 Å². The third kappa shape index (κ3) is 2.26. The van der Waals surface area contributed by atoms with E-state index >= 15 is 0 Å². The van der Waals surface area contributed by atoms with Gasteiger partial charge in [-0.1, -0.05) is 0 Å². The Morgan fingerprint density at radius 3 is 2.35 bits per heavy atom. The Bertz CT molecular complexity index is 753. The normalized spacial score (nSPS) is 10.2. The highest BCUT2D eigenvalue weighted by Crippen LogP contribution is 2.29. The van der Waals surface area contributed by atoms with Crippen LogP contribution in [-0.4, -0.2) is 12.1 Å². The minimum Gasteiger partial charge on any atom is -0.491 e. The van der Waals surface area contributed by atoms with Gasteiger partial charge in [0.1, 0.15) is 11.6 Å². The molecule has 102 valence electrons. The number of benzene rings is 1. The van der Waals surface area contributed by atoms with Crippen LogP contribution in [0, 0.1) is 29.9 Å². The molecule has 6 heteroatoms. The summed E-state index contributed by atoms with van der Waals surface area (Å²) in [6, 6.07) is 5.27. The van der Waals surface area contributed by atoms with E-state index in [1.165, 1.54) is 6.07 Å². The van der Waals surface area contributed by atoms with Gasteiger partial charge in [0.05, 0.1) is 7.11 Å². The van der Waals surface area contributed by atoms with Crippen molar-refractivity contribution in [2.24, 2.45) is 0 Å². The molecule has 0 aliphatic carbocycles. The number of pyridine rings is 1. The van der Waals surface area contributed by atoms with E-state index in [2.05, 4.69) is 9.72 Å². The Morgan fingerprint density at radius 2 is 1.85 bits per heavy atom. The zero-order valence-electron chi connectivity index (χ0n) is 10.8. The summed E-state index contributed by atoms with van der Waals surface area (Å²) >= 11 is 0. The molecule has 0 saturated carbocycles. The number of aryl methyl sites for hydroxylation is 1. The third-order valence-electron chi connectivity index (χ3n) is 2.79. The van der Waals surface area contributed by atoms with Gasteiger partial charge in [-0.05, 0) is 30.7 Å². The molecule has 0 aliphatic rings. The van der Waals surface area contributed by atoms with E-state index in [1.54, 1.807) is 13.0 Å². The van der Waals surface area contributed by atoms with Crippen LogP contribution in [0.4, 0.5) is 8.78 Å². The first kappa shape index (κ1) is 13.7. The number of rotatable bonds is 2. The number of aromatic amines is 1. The monoisotopic (exact) mass is 276 g/mol. The van der Waals surface area contributed by atoms with Gasteiger partial charge in [0, 0.05) is 11.3 Å². The fraction of sp³-hybridized carbons (Fsp3) is 0.143. The lowest BCUT2D eigenvalue weighted by Gasteiger charge is -2.09. The highest BCUT2D eigenvalue weighted by molar-refractivity contribution is 5.71. The van der Waals surface area contributed by atoms with Crippen molar-refractivity contribution in [1.29, 1.82) is 5.26 Å². The summed E-state index contributed by atoms with van der Waals surface area (Å²) in [5.41, 5.74) is -0.0277. The number of ether oxygens (including phenoxy) is 1. The summed E-state index contributed by atoms with van der Waals surface area (Å²) in [6.07, 6.45) is 0. The number of halogens is 2. The molecule has 0 atom stereocenters. The summed E-state index contributed by atoms with van der Waals surface area (Å²) < 4.78 is 32.0. The van der Waals surface area contributed by atoms with Gasteiger partial charge in [-0.15, -0.1) is 0 Å². The predicted octanol–water partition coefficient (Wildman–Crippen LogP) is 2.51.